The molecule has 0 saturated heterocycles. The van der Waals surface area contributed by atoms with Crippen molar-refractivity contribution < 1.29 is 18.6 Å². The molecular weight excluding hydrogens is 452 g/mol. The minimum Gasteiger partial charge on any atom is -0.393 e. The number of hydrogen-bond donors (Lipinski definition) is 2. The molecule has 2 aromatic heterocycles. The Labute approximate surface area is 203 Å². The Morgan fingerprint density at radius 3 is 2.37 bits per heavy atom. The molecule has 0 spiro atoms. The number of hydrogen-bond acceptors (Lipinski definition) is 6. The van der Waals surface area contributed by atoms with Gasteiger partial charge in [-0.2, -0.15) is 0 Å². The van der Waals surface area contributed by atoms with Gasteiger partial charge in [-0.05, 0) is 75.3 Å². The zero-order valence-electron chi connectivity index (χ0n) is 20.1. The maximum Gasteiger partial charge on any atom is 0.210 e. The first-order valence-electron chi connectivity index (χ1n) is 12.6. The van der Waals surface area contributed by atoms with E-state index in [0.29, 0.717) is 28.9 Å². The topological polar surface area (TPSA) is 85.1 Å². The molecule has 0 unspecified atom stereocenters. The minimum atomic E-state index is -0.668. The first-order valence-corrected chi connectivity index (χ1v) is 12.6. The summed E-state index contributed by atoms with van der Waals surface area (Å²) in [5.41, 5.74) is 1.08. The standard InChI is InChI=1S/C26H33F2N5O2/c1-35-15-17-5-9-18(10-6-17)33-25-22(30-26(33)32-24-20(27)3-2-4-21(24)28)14-29-23(31-25)13-16-7-11-19(34)12-8-16/h2-4,14,16-19,34H,5-13,15H2,1H3,(H,30,32). The fourth-order valence-corrected chi connectivity index (χ4v) is 5.60. The Hall–Kier alpha value is -2.65. The molecule has 2 heterocycles. The van der Waals surface area contributed by atoms with Crippen LogP contribution in [0.25, 0.3) is 11.2 Å². The number of imidazole rings is 1. The number of methoxy groups -OCH3 is 1. The number of nitrogens with zero attached hydrogens (tertiary/aromatic N) is 4. The first-order chi connectivity index (χ1) is 17.0. The highest BCUT2D eigenvalue weighted by atomic mass is 19.1. The maximum absolute atomic E-state index is 14.5. The highest BCUT2D eigenvalue weighted by Crippen LogP contribution is 2.37. The second kappa shape index (κ2) is 10.5. The zero-order valence-corrected chi connectivity index (χ0v) is 20.1. The van der Waals surface area contributed by atoms with Crippen molar-refractivity contribution >= 4 is 22.8 Å². The quantitative estimate of drug-likeness (QED) is 0.471. The molecule has 0 aliphatic heterocycles. The molecule has 0 atom stereocenters. The van der Waals surface area contributed by atoms with Crippen LogP contribution in [0.3, 0.4) is 0 Å². The summed E-state index contributed by atoms with van der Waals surface area (Å²) in [6.07, 6.45) is 9.66. The van der Waals surface area contributed by atoms with Crippen molar-refractivity contribution in [2.24, 2.45) is 11.8 Å². The van der Waals surface area contributed by atoms with Crippen LogP contribution in [0.2, 0.25) is 0 Å². The molecule has 2 N–H and O–H groups in total. The predicted octanol–water partition coefficient (Wildman–Crippen LogP) is 5.32. The number of aliphatic hydroxyl groups is 1. The lowest BCUT2D eigenvalue weighted by Crippen LogP contribution is -2.22. The highest BCUT2D eigenvalue weighted by Gasteiger charge is 2.28. The molecule has 2 aliphatic rings. The lowest BCUT2D eigenvalue weighted by Gasteiger charge is -2.30. The summed E-state index contributed by atoms with van der Waals surface area (Å²) in [6.45, 7) is 0.741. The van der Waals surface area contributed by atoms with Gasteiger partial charge in [0.2, 0.25) is 5.95 Å². The van der Waals surface area contributed by atoms with Gasteiger partial charge in [0.25, 0.3) is 0 Å². The number of aliphatic hydroxyl groups excluding tert-OH is 1. The van der Waals surface area contributed by atoms with E-state index in [9.17, 15) is 13.9 Å². The average Bonchev–Trinajstić information content (AvgIpc) is 3.21. The number of ether oxygens (including phenoxy) is 1. The Morgan fingerprint density at radius 2 is 1.69 bits per heavy atom. The number of rotatable bonds is 7. The minimum absolute atomic E-state index is 0.109. The van der Waals surface area contributed by atoms with Crippen molar-refractivity contribution in [3.05, 3.63) is 41.9 Å². The van der Waals surface area contributed by atoms with Crippen LogP contribution in [0, 0.1) is 23.5 Å². The smallest absolute Gasteiger partial charge is 0.210 e. The molecule has 5 rings (SSSR count). The molecular formula is C26H33F2N5O2. The van der Waals surface area contributed by atoms with Gasteiger partial charge >= 0.3 is 0 Å². The second-order valence-corrected chi connectivity index (χ2v) is 10.0. The van der Waals surface area contributed by atoms with Crippen LogP contribution in [-0.2, 0) is 11.2 Å². The van der Waals surface area contributed by atoms with E-state index >= 15 is 0 Å². The SMILES string of the molecule is COCC1CCC(n2c(Nc3c(F)cccc3F)nc3cnc(CC4CCC(O)CC4)nc32)CC1. The lowest BCUT2D eigenvalue weighted by molar-refractivity contribution is 0.108. The van der Waals surface area contributed by atoms with Gasteiger partial charge in [0.15, 0.2) is 5.65 Å². The van der Waals surface area contributed by atoms with Crippen molar-refractivity contribution in [3.63, 3.8) is 0 Å². The lowest BCUT2D eigenvalue weighted by atomic mass is 9.85. The Kier molecular flexibility index (Phi) is 7.24. The molecule has 2 aliphatic carbocycles. The van der Waals surface area contributed by atoms with Crippen LogP contribution in [0.4, 0.5) is 20.4 Å². The summed E-state index contributed by atoms with van der Waals surface area (Å²) in [5, 5.41) is 12.7. The van der Waals surface area contributed by atoms with E-state index in [1.54, 1.807) is 13.3 Å². The number of benzene rings is 1. The first kappa shape index (κ1) is 24.1. The van der Waals surface area contributed by atoms with Crippen molar-refractivity contribution in [2.45, 2.75) is 69.9 Å². The monoisotopic (exact) mass is 485 g/mol. The van der Waals surface area contributed by atoms with Crippen molar-refractivity contribution in [1.29, 1.82) is 0 Å². The Morgan fingerprint density at radius 1 is 1.00 bits per heavy atom. The number of nitrogens with one attached hydrogen (secondary N) is 1. The summed E-state index contributed by atoms with van der Waals surface area (Å²) in [5.74, 6) is 0.751. The van der Waals surface area contributed by atoms with E-state index < -0.39 is 11.6 Å². The van der Waals surface area contributed by atoms with E-state index in [0.717, 1.165) is 70.2 Å². The number of halogens is 2. The fourth-order valence-electron chi connectivity index (χ4n) is 5.60. The third-order valence-electron chi connectivity index (χ3n) is 7.55. The van der Waals surface area contributed by atoms with E-state index in [1.165, 1.54) is 18.2 Å². The van der Waals surface area contributed by atoms with Crippen molar-refractivity contribution in [1.82, 2.24) is 19.5 Å². The number of fused-ring (bicyclic) bond motifs is 1. The van der Waals surface area contributed by atoms with E-state index in [2.05, 4.69) is 15.3 Å². The summed E-state index contributed by atoms with van der Waals surface area (Å²) >= 11 is 0. The maximum atomic E-state index is 14.5. The molecule has 1 aromatic carbocycles. The van der Waals surface area contributed by atoms with E-state index in [1.807, 2.05) is 4.57 Å². The van der Waals surface area contributed by atoms with Crippen LogP contribution in [0.1, 0.15) is 63.2 Å². The highest BCUT2D eigenvalue weighted by molar-refractivity contribution is 5.75. The number of para-hydroxylation sites is 1. The third kappa shape index (κ3) is 5.30. The van der Waals surface area contributed by atoms with Gasteiger partial charge in [0.05, 0.1) is 12.3 Å². The van der Waals surface area contributed by atoms with Crippen molar-refractivity contribution in [2.75, 3.05) is 19.0 Å². The zero-order chi connectivity index (χ0) is 24.4. The molecule has 7 nitrogen and oxygen atoms in total. The molecule has 2 saturated carbocycles. The van der Waals surface area contributed by atoms with Gasteiger partial charge in [-0.3, -0.25) is 4.57 Å². The summed E-state index contributed by atoms with van der Waals surface area (Å²) in [4.78, 5) is 14.1. The molecule has 0 amide bonds. The van der Waals surface area contributed by atoms with Gasteiger partial charge in [0.1, 0.15) is 28.7 Å². The molecule has 3 aromatic rings. The summed E-state index contributed by atoms with van der Waals surface area (Å²) in [6, 6.07) is 3.91. The molecule has 0 bridgehead atoms. The van der Waals surface area contributed by atoms with Crippen LogP contribution in [0.5, 0.6) is 0 Å². The Bertz CT molecular complexity index is 1130. The average molecular weight is 486 g/mol. The molecule has 35 heavy (non-hydrogen) atoms. The second-order valence-electron chi connectivity index (χ2n) is 10.0. The van der Waals surface area contributed by atoms with Crippen LogP contribution in [-0.4, -0.2) is 44.4 Å². The number of anilines is 2. The van der Waals surface area contributed by atoms with Gasteiger partial charge in [-0.25, -0.2) is 23.7 Å². The van der Waals surface area contributed by atoms with Gasteiger partial charge in [-0.1, -0.05) is 6.07 Å². The summed E-state index contributed by atoms with van der Waals surface area (Å²) < 4.78 is 36.3. The van der Waals surface area contributed by atoms with Crippen LogP contribution >= 0.6 is 0 Å². The van der Waals surface area contributed by atoms with Crippen LogP contribution < -0.4 is 5.32 Å². The van der Waals surface area contributed by atoms with Gasteiger partial charge < -0.3 is 15.2 Å². The predicted molar refractivity (Wildman–Crippen MR) is 130 cm³/mol. The molecule has 2 fully saturated rings. The van der Waals surface area contributed by atoms with E-state index in [-0.39, 0.29) is 17.8 Å². The largest absolute Gasteiger partial charge is 0.393 e. The van der Waals surface area contributed by atoms with Gasteiger partial charge in [-0.15, -0.1) is 0 Å². The molecule has 9 heteroatoms. The normalized spacial score (nSPS) is 25.1. The fraction of sp³-hybridized carbons (Fsp3) is 0.577. The van der Waals surface area contributed by atoms with Crippen LogP contribution in [0.15, 0.2) is 24.4 Å². The van der Waals surface area contributed by atoms with E-state index in [4.69, 9.17) is 9.72 Å². The third-order valence-corrected chi connectivity index (χ3v) is 7.55. The van der Waals surface area contributed by atoms with Gasteiger partial charge in [0, 0.05) is 26.2 Å². The molecule has 188 valence electrons. The van der Waals surface area contributed by atoms with Crippen molar-refractivity contribution in [3.8, 4) is 0 Å². The summed E-state index contributed by atoms with van der Waals surface area (Å²) in [7, 11) is 1.73. The molecule has 0 radical (unpaired) electrons. The number of aromatic nitrogens is 4. The Balaban J connectivity index is 1.48.